The fraction of sp³-hybridized carbons (Fsp3) is 0.269. The number of rotatable bonds is 6. The Morgan fingerprint density at radius 1 is 1.03 bits per heavy atom. The molecule has 0 saturated heterocycles. The first-order chi connectivity index (χ1) is 15.8. The lowest BCUT2D eigenvalue weighted by molar-refractivity contribution is -0.122. The van der Waals surface area contributed by atoms with Crippen molar-refractivity contribution in [3.8, 4) is 5.75 Å². The van der Waals surface area contributed by atoms with Crippen LogP contribution >= 0.6 is 0 Å². The third-order valence-electron chi connectivity index (χ3n) is 5.73. The van der Waals surface area contributed by atoms with Gasteiger partial charge in [-0.25, -0.2) is 8.42 Å². The monoisotopic (exact) mass is 464 g/mol. The van der Waals surface area contributed by atoms with Gasteiger partial charge < -0.3 is 10.1 Å². The van der Waals surface area contributed by atoms with E-state index in [1.54, 1.807) is 36.4 Å². The molecule has 0 spiro atoms. The van der Waals surface area contributed by atoms with Gasteiger partial charge in [0.2, 0.25) is 10.0 Å². The predicted octanol–water partition coefficient (Wildman–Crippen LogP) is 4.85. The van der Waals surface area contributed by atoms with Crippen molar-refractivity contribution in [1.82, 2.24) is 0 Å². The quantitative estimate of drug-likeness (QED) is 0.566. The van der Waals surface area contributed by atoms with E-state index in [9.17, 15) is 13.2 Å². The number of benzene rings is 3. The topological polar surface area (TPSA) is 75.7 Å². The first kappa shape index (κ1) is 22.9. The standard InChI is InChI=1S/C26H28N2O4S/c1-18(2)21-13-9-10-19(3)25(21)27-26(29)24-16-28(22-14-7-8-15-23(22)32-24)33(30,31)17-20-11-5-4-6-12-20/h4-15,18,24H,16-17H2,1-3H3,(H,27,29)/t24-/m0/s1. The zero-order valence-electron chi connectivity index (χ0n) is 19.0. The Hall–Kier alpha value is -3.32. The summed E-state index contributed by atoms with van der Waals surface area (Å²) in [5.41, 5.74) is 3.84. The predicted molar refractivity (Wildman–Crippen MR) is 131 cm³/mol. The van der Waals surface area contributed by atoms with Crippen molar-refractivity contribution in [2.24, 2.45) is 0 Å². The Morgan fingerprint density at radius 2 is 1.73 bits per heavy atom. The first-order valence-electron chi connectivity index (χ1n) is 11.0. The summed E-state index contributed by atoms with van der Waals surface area (Å²) >= 11 is 0. The number of para-hydroxylation sites is 3. The minimum atomic E-state index is -3.75. The van der Waals surface area contributed by atoms with Gasteiger partial charge in [-0.2, -0.15) is 0 Å². The second-order valence-corrected chi connectivity index (χ2v) is 10.4. The molecule has 1 N–H and O–H groups in total. The fourth-order valence-corrected chi connectivity index (χ4v) is 5.59. The zero-order valence-corrected chi connectivity index (χ0v) is 19.8. The van der Waals surface area contributed by atoms with Crippen molar-refractivity contribution in [2.45, 2.75) is 38.5 Å². The minimum Gasteiger partial charge on any atom is -0.476 e. The molecular weight excluding hydrogens is 436 g/mol. The summed E-state index contributed by atoms with van der Waals surface area (Å²) in [5.74, 6) is 0.0529. The number of carbonyl (C=O) groups is 1. The second-order valence-electron chi connectivity index (χ2n) is 8.53. The number of hydrogen-bond acceptors (Lipinski definition) is 4. The van der Waals surface area contributed by atoms with E-state index in [2.05, 4.69) is 19.2 Å². The van der Waals surface area contributed by atoms with Crippen LogP contribution in [0.15, 0.2) is 72.8 Å². The van der Waals surface area contributed by atoms with Crippen molar-refractivity contribution in [3.05, 3.63) is 89.5 Å². The van der Waals surface area contributed by atoms with Crippen LogP contribution in [0.1, 0.15) is 36.5 Å². The normalized spacial score (nSPS) is 15.6. The van der Waals surface area contributed by atoms with Gasteiger partial charge in [-0.1, -0.05) is 74.5 Å². The van der Waals surface area contributed by atoms with E-state index in [1.165, 1.54) is 4.31 Å². The van der Waals surface area contributed by atoms with E-state index >= 15 is 0 Å². The van der Waals surface area contributed by atoms with Gasteiger partial charge in [0, 0.05) is 5.69 Å². The molecule has 1 aliphatic heterocycles. The van der Waals surface area contributed by atoms with E-state index in [0.29, 0.717) is 17.0 Å². The van der Waals surface area contributed by atoms with E-state index in [-0.39, 0.29) is 24.1 Å². The molecule has 0 unspecified atom stereocenters. The van der Waals surface area contributed by atoms with E-state index in [0.717, 1.165) is 16.8 Å². The Bertz CT molecular complexity index is 1260. The van der Waals surface area contributed by atoms with Crippen LogP contribution in [-0.2, 0) is 20.6 Å². The third-order valence-corrected chi connectivity index (χ3v) is 7.45. The summed E-state index contributed by atoms with van der Waals surface area (Å²) < 4.78 is 34.0. The molecule has 4 rings (SSSR count). The molecule has 7 heteroatoms. The smallest absolute Gasteiger partial charge is 0.267 e. The minimum absolute atomic E-state index is 0.0963. The summed E-state index contributed by atoms with van der Waals surface area (Å²) in [6.45, 7) is 5.97. The van der Waals surface area contributed by atoms with Crippen molar-refractivity contribution in [1.29, 1.82) is 0 Å². The van der Waals surface area contributed by atoms with Crippen LogP contribution in [0.2, 0.25) is 0 Å². The third kappa shape index (κ3) is 4.88. The van der Waals surface area contributed by atoms with Gasteiger partial charge in [-0.3, -0.25) is 9.10 Å². The molecule has 33 heavy (non-hydrogen) atoms. The van der Waals surface area contributed by atoms with Crippen molar-refractivity contribution >= 4 is 27.3 Å². The molecule has 3 aromatic rings. The summed E-state index contributed by atoms with van der Waals surface area (Å²) in [5, 5.41) is 3.00. The molecular formula is C26H28N2O4S. The molecule has 1 amide bonds. The lowest BCUT2D eigenvalue weighted by Crippen LogP contribution is -2.49. The molecule has 1 aliphatic rings. The van der Waals surface area contributed by atoms with Crippen LogP contribution in [0.25, 0.3) is 0 Å². The highest BCUT2D eigenvalue weighted by Gasteiger charge is 2.37. The molecule has 3 aromatic carbocycles. The molecule has 0 aliphatic carbocycles. The highest BCUT2D eigenvalue weighted by molar-refractivity contribution is 7.92. The van der Waals surface area contributed by atoms with Gasteiger partial charge >= 0.3 is 0 Å². The number of ether oxygens (including phenoxy) is 1. The maximum Gasteiger partial charge on any atom is 0.267 e. The van der Waals surface area contributed by atoms with Crippen LogP contribution in [0.5, 0.6) is 5.75 Å². The van der Waals surface area contributed by atoms with Gasteiger partial charge in [0.15, 0.2) is 6.10 Å². The second kappa shape index (κ2) is 9.27. The lowest BCUT2D eigenvalue weighted by atomic mass is 9.98. The summed E-state index contributed by atoms with van der Waals surface area (Å²) in [7, 11) is -3.75. The summed E-state index contributed by atoms with van der Waals surface area (Å²) in [6, 6.07) is 21.8. The number of amides is 1. The Kier molecular flexibility index (Phi) is 6.42. The molecule has 1 atom stereocenters. The maximum absolute atomic E-state index is 13.4. The van der Waals surface area contributed by atoms with Gasteiger partial charge in [-0.15, -0.1) is 0 Å². The van der Waals surface area contributed by atoms with Crippen LogP contribution in [0.3, 0.4) is 0 Å². The number of nitrogens with one attached hydrogen (secondary N) is 1. The molecule has 1 heterocycles. The number of sulfonamides is 1. The number of carbonyl (C=O) groups excluding carboxylic acids is 1. The first-order valence-corrected chi connectivity index (χ1v) is 12.6. The van der Waals surface area contributed by atoms with E-state index in [4.69, 9.17) is 4.74 Å². The highest BCUT2D eigenvalue weighted by Crippen LogP contribution is 2.36. The van der Waals surface area contributed by atoms with Crippen LogP contribution < -0.4 is 14.4 Å². The molecule has 0 saturated carbocycles. The highest BCUT2D eigenvalue weighted by atomic mass is 32.2. The Balaban J connectivity index is 1.64. The molecule has 0 fully saturated rings. The fourth-order valence-electron chi connectivity index (χ4n) is 4.01. The number of nitrogens with zero attached hydrogens (tertiary/aromatic N) is 1. The zero-order chi connectivity index (χ0) is 23.6. The SMILES string of the molecule is Cc1cccc(C(C)C)c1NC(=O)[C@@H]1CN(S(=O)(=O)Cc2ccccc2)c2ccccc2O1. The average Bonchev–Trinajstić information content (AvgIpc) is 2.79. The molecule has 0 radical (unpaired) electrons. The lowest BCUT2D eigenvalue weighted by Gasteiger charge is -2.35. The van der Waals surface area contributed by atoms with Gasteiger partial charge in [0.05, 0.1) is 18.0 Å². The number of aryl methyl sites for hydroxylation is 1. The number of hydrogen-bond donors (Lipinski definition) is 1. The molecule has 6 nitrogen and oxygen atoms in total. The summed E-state index contributed by atoms with van der Waals surface area (Å²) in [6.07, 6.45) is -0.981. The van der Waals surface area contributed by atoms with Crippen LogP contribution in [0.4, 0.5) is 11.4 Å². The molecule has 0 bridgehead atoms. The number of anilines is 2. The van der Waals surface area contributed by atoms with Crippen molar-refractivity contribution in [3.63, 3.8) is 0 Å². The number of fused-ring (bicyclic) bond motifs is 1. The van der Waals surface area contributed by atoms with Crippen LogP contribution in [0, 0.1) is 6.92 Å². The van der Waals surface area contributed by atoms with Gasteiger partial charge in [-0.05, 0) is 41.7 Å². The van der Waals surface area contributed by atoms with Gasteiger partial charge in [0.25, 0.3) is 5.91 Å². The average molecular weight is 465 g/mol. The molecule has 172 valence electrons. The van der Waals surface area contributed by atoms with E-state index < -0.39 is 16.1 Å². The largest absolute Gasteiger partial charge is 0.476 e. The van der Waals surface area contributed by atoms with Crippen molar-refractivity contribution < 1.29 is 17.9 Å². The van der Waals surface area contributed by atoms with Crippen molar-refractivity contribution in [2.75, 3.05) is 16.2 Å². The Labute approximate surface area is 195 Å². The molecule has 0 aromatic heterocycles. The Morgan fingerprint density at radius 3 is 2.45 bits per heavy atom. The van der Waals surface area contributed by atoms with Crippen LogP contribution in [-0.4, -0.2) is 27.0 Å². The van der Waals surface area contributed by atoms with E-state index in [1.807, 2.05) is 43.3 Å². The maximum atomic E-state index is 13.4. The summed E-state index contributed by atoms with van der Waals surface area (Å²) in [4.78, 5) is 13.3. The van der Waals surface area contributed by atoms with Gasteiger partial charge in [0.1, 0.15) is 5.75 Å².